The summed E-state index contributed by atoms with van der Waals surface area (Å²) >= 11 is 30.9. The van der Waals surface area contributed by atoms with E-state index in [9.17, 15) is 19.2 Å². The predicted octanol–water partition coefficient (Wildman–Crippen LogP) is 13.8. The minimum absolute atomic E-state index is 0.0417. The van der Waals surface area contributed by atoms with Crippen molar-refractivity contribution in [2.75, 3.05) is 48.2 Å². The Morgan fingerprint density at radius 1 is 0.602 bits per heavy atom. The van der Waals surface area contributed by atoms with Crippen molar-refractivity contribution in [2.24, 2.45) is 17.8 Å². The second kappa shape index (κ2) is 40.1. The number of aryl methyl sites for hydroxylation is 2. The standard InChI is InChI=1S/C18H22ClN5O.C9H11ClN4.C9H12ClNO.C9H12N4O.C7H14O.C6H11BrO.C4H6N4O.CH2Cl2/c1-9(2)12-7-24(17-14(12)16(19)22-18(20)23-17)8-13-11(4)15(25-5)10(3)6-21-13;1-4(2)5-3-12-8-6(5)7(10)13-9(11)14-8;1-6-5-11-8(4-10)7(2)9(6)12-3;1-4(2)5-3-11-7-6(5)8(14)13-9(10)12-7;1-6(2)7(3)4-5-8;1-5(2)6(7)3-4-8;5-2-1-3(9)8-4(6)7-2;2-1-3/h6-7,9H,8H2,1-5H3,(H2,20,22,23);3-4H,1-2H3,(H3,11,12,13,14);5H,4H2,1-3H3;3-4H,1-2H3,(H4,10,11,12,13,14);5-7H,4H2,1-3H3;4-6H,3H2,1-2H3;1H,(H5,5,6,7,8,9);1H2. The number of fused-ring (bicyclic) bond motifs is 3. The van der Waals surface area contributed by atoms with Gasteiger partial charge < -0.3 is 62.3 Å². The predicted molar refractivity (Wildman–Crippen MR) is 386 cm³/mol. The first-order valence-corrected chi connectivity index (χ1v) is 32.7. The van der Waals surface area contributed by atoms with E-state index in [1.165, 1.54) is 0 Å². The second-order valence-electron chi connectivity index (χ2n) is 22.7. The van der Waals surface area contributed by atoms with Gasteiger partial charge in [-0.1, -0.05) is 115 Å². The summed E-state index contributed by atoms with van der Waals surface area (Å²) in [6.07, 6.45) is 12.6. The third-order valence-electron chi connectivity index (χ3n) is 14.1. The van der Waals surface area contributed by atoms with Gasteiger partial charge in [0.15, 0.2) is 0 Å². The number of nitrogens with two attached hydrogens (primary N) is 5. The van der Waals surface area contributed by atoms with E-state index in [0.717, 1.165) is 96.9 Å². The molecule has 14 N–H and O–H groups in total. The molecule has 0 aliphatic carbocycles. The number of alkyl halides is 4. The number of aldehydes is 2. The van der Waals surface area contributed by atoms with E-state index < -0.39 is 0 Å². The quantitative estimate of drug-likeness (QED) is 0.0277. The molecule has 93 heavy (non-hydrogen) atoms. The minimum atomic E-state index is -0.333. The molecule has 30 heteroatoms. The summed E-state index contributed by atoms with van der Waals surface area (Å²) in [7, 11) is 3.34. The third kappa shape index (κ3) is 24.8. The molecule has 9 rings (SSSR count). The van der Waals surface area contributed by atoms with Crippen LogP contribution in [0.15, 0.2) is 46.6 Å². The topological polar surface area (TPSA) is 388 Å². The first-order chi connectivity index (χ1) is 43.7. The zero-order valence-corrected chi connectivity index (χ0v) is 61.2. The second-order valence-corrected chi connectivity index (χ2v) is 25.6. The number of carbonyl (C=O) groups is 2. The van der Waals surface area contributed by atoms with Crippen molar-refractivity contribution >= 4 is 149 Å². The van der Waals surface area contributed by atoms with E-state index in [1.54, 1.807) is 26.6 Å². The van der Waals surface area contributed by atoms with Gasteiger partial charge >= 0.3 is 0 Å². The van der Waals surface area contributed by atoms with Crippen LogP contribution in [0, 0.1) is 45.4 Å². The van der Waals surface area contributed by atoms with Gasteiger partial charge in [-0.05, 0) is 79.9 Å². The van der Waals surface area contributed by atoms with Crippen LogP contribution in [0.3, 0.4) is 0 Å². The van der Waals surface area contributed by atoms with Crippen molar-refractivity contribution in [2.45, 2.75) is 152 Å². The Morgan fingerprint density at radius 3 is 1.49 bits per heavy atom. The van der Waals surface area contributed by atoms with Crippen molar-refractivity contribution in [3.63, 3.8) is 0 Å². The number of carbonyl (C=O) groups excluding carboxylic acids is 2. The van der Waals surface area contributed by atoms with Crippen molar-refractivity contribution in [3.8, 4) is 11.5 Å². The van der Waals surface area contributed by atoms with Crippen LogP contribution in [0.1, 0.15) is 157 Å². The fourth-order valence-corrected chi connectivity index (χ4v) is 9.64. The summed E-state index contributed by atoms with van der Waals surface area (Å²) in [4.78, 5) is 85.7. The molecule has 0 aliphatic rings. The van der Waals surface area contributed by atoms with Gasteiger partial charge in [0, 0.05) is 77.0 Å². The molecule has 0 aliphatic heterocycles. The van der Waals surface area contributed by atoms with Gasteiger partial charge in [-0.15, -0.1) is 34.8 Å². The maximum absolute atomic E-state index is 11.6. The summed E-state index contributed by atoms with van der Waals surface area (Å²) < 4.78 is 12.8. The molecule has 0 fully saturated rings. The Morgan fingerprint density at radius 2 is 1.06 bits per heavy atom. The largest absolute Gasteiger partial charge is 0.496 e. The number of halogens is 6. The fraction of sp³-hybridized carbons (Fsp3) is 0.460. The lowest BCUT2D eigenvalue weighted by Crippen LogP contribution is -2.11. The van der Waals surface area contributed by atoms with E-state index in [0.29, 0.717) is 80.8 Å². The normalized spacial score (nSPS) is 11.3. The average molecular weight is 1450 g/mol. The lowest BCUT2D eigenvalue weighted by atomic mass is 9.96. The van der Waals surface area contributed by atoms with Crippen molar-refractivity contribution in [1.29, 1.82) is 0 Å². The maximum atomic E-state index is 11.6. The fourth-order valence-electron chi connectivity index (χ4n) is 8.65. The number of nitrogen functional groups attached to an aromatic ring is 5. The van der Waals surface area contributed by atoms with E-state index in [-0.39, 0.29) is 57.9 Å². The molecular formula is C63H90BrCl5N18O6. The number of hydrogen-bond acceptors (Lipinski definition) is 19. The average Bonchev–Trinajstić information content (AvgIpc) is 1.67. The zero-order valence-electron chi connectivity index (χ0n) is 55.8. The van der Waals surface area contributed by atoms with E-state index in [1.807, 2.05) is 58.5 Å². The summed E-state index contributed by atoms with van der Waals surface area (Å²) in [6.45, 7) is 31.5. The molecule has 0 amide bonds. The van der Waals surface area contributed by atoms with Crippen LogP contribution in [0.25, 0.3) is 33.1 Å². The monoisotopic (exact) mass is 1450 g/mol. The van der Waals surface area contributed by atoms with Crippen LogP contribution in [0.5, 0.6) is 11.5 Å². The number of aromatic nitrogens is 13. The Kier molecular flexibility index (Phi) is 35.2. The SMILES string of the molecule is CC(C)C(Br)CC=O.CC(C)C(C)CC=O.CC(C)c1c[nH]c2nc(N)[nH]c(=O)c12.CC(C)c1c[nH]c2nc(N)nc(Cl)c12.COc1c(C)cnc(CCl)c1C.COc1c(C)cnc(Cn2cc(C(C)C)c3c(Cl)nc(N)nc32)c1C.ClCCl.Nc1cc(=O)[nH]c(N)n1. The molecule has 510 valence electrons. The number of ether oxygens (including phenoxy) is 2. The molecular weight excluding hydrogens is 1360 g/mol. The number of pyridine rings is 2. The highest BCUT2D eigenvalue weighted by atomic mass is 79.9. The van der Waals surface area contributed by atoms with Gasteiger partial charge in [-0.25, -0.2) is 9.97 Å². The Bertz CT molecular complexity index is 3900. The van der Waals surface area contributed by atoms with Crippen LogP contribution in [-0.2, 0) is 22.0 Å². The number of nitrogens with one attached hydrogen (secondary N) is 4. The number of nitrogens with zero attached hydrogens (tertiary/aromatic N) is 9. The molecule has 0 spiro atoms. The van der Waals surface area contributed by atoms with Gasteiger partial charge in [-0.2, -0.15) is 19.9 Å². The number of H-pyrrole nitrogens is 4. The first-order valence-electron chi connectivity index (χ1n) is 29.5. The number of methoxy groups -OCH3 is 2. The van der Waals surface area contributed by atoms with Crippen LogP contribution in [-0.4, -0.2) is 101 Å². The molecule has 9 aromatic rings. The molecule has 24 nitrogen and oxygen atoms in total. The number of hydrogen-bond donors (Lipinski definition) is 9. The van der Waals surface area contributed by atoms with Gasteiger partial charge in [0.05, 0.1) is 59.5 Å². The summed E-state index contributed by atoms with van der Waals surface area (Å²) in [5.74, 6) is 5.56. The van der Waals surface area contributed by atoms with Crippen LogP contribution in [0.2, 0.25) is 10.3 Å². The van der Waals surface area contributed by atoms with Crippen molar-refractivity contribution in [3.05, 3.63) is 118 Å². The molecule has 0 aromatic carbocycles. The van der Waals surface area contributed by atoms with Gasteiger partial charge in [-0.3, -0.25) is 29.5 Å². The van der Waals surface area contributed by atoms with Gasteiger partial charge in [0.1, 0.15) is 57.1 Å². The summed E-state index contributed by atoms with van der Waals surface area (Å²) in [6, 6.07) is 1.16. The van der Waals surface area contributed by atoms with Gasteiger partial charge in [0.25, 0.3) is 11.1 Å². The van der Waals surface area contributed by atoms with Crippen LogP contribution >= 0.6 is 73.9 Å². The summed E-state index contributed by atoms with van der Waals surface area (Å²) in [5.41, 5.74) is 37.5. The van der Waals surface area contributed by atoms with E-state index >= 15 is 0 Å². The zero-order chi connectivity index (χ0) is 70.7. The van der Waals surface area contributed by atoms with E-state index in [4.69, 9.17) is 96.1 Å². The number of rotatable bonds is 14. The molecule has 9 heterocycles. The highest BCUT2D eigenvalue weighted by Crippen LogP contribution is 2.34. The van der Waals surface area contributed by atoms with Crippen LogP contribution in [0.4, 0.5) is 29.6 Å². The Labute approximate surface area is 576 Å². The third-order valence-corrected chi connectivity index (χ3v) is 16.3. The molecule has 0 saturated carbocycles. The Hall–Kier alpha value is -7.29. The smallest absolute Gasteiger partial charge is 0.262 e. The minimum Gasteiger partial charge on any atom is -0.496 e. The molecule has 0 radical (unpaired) electrons. The lowest BCUT2D eigenvalue weighted by molar-refractivity contribution is -0.109. The molecule has 2 unspecified atom stereocenters. The van der Waals surface area contributed by atoms with Crippen molar-refractivity contribution < 1.29 is 19.1 Å². The highest BCUT2D eigenvalue weighted by molar-refractivity contribution is 9.09. The number of aromatic amines is 4. The van der Waals surface area contributed by atoms with E-state index in [2.05, 4.69) is 144 Å². The molecule has 0 saturated heterocycles. The Balaban J connectivity index is 0.000000382. The lowest BCUT2D eigenvalue weighted by Gasteiger charge is -2.13. The molecule has 2 atom stereocenters. The first kappa shape index (κ1) is 81.8. The summed E-state index contributed by atoms with van der Waals surface area (Å²) in [5, 5.41) is 3.32. The molecule has 0 bridgehead atoms. The van der Waals surface area contributed by atoms with Crippen LogP contribution < -0.4 is 49.3 Å². The van der Waals surface area contributed by atoms with Gasteiger partial charge in [0.2, 0.25) is 23.8 Å². The maximum Gasteiger partial charge on any atom is 0.262 e. The number of anilines is 5. The van der Waals surface area contributed by atoms with Crippen molar-refractivity contribution in [1.82, 2.24) is 64.4 Å². The molecule has 9 aromatic heterocycles. The highest BCUT2D eigenvalue weighted by Gasteiger charge is 2.20.